The Morgan fingerprint density at radius 1 is 1.14 bits per heavy atom. The number of hydrogen-bond acceptors (Lipinski definition) is 4. The van der Waals surface area contributed by atoms with Crippen LogP contribution in [0.3, 0.4) is 0 Å². The number of nitrogens with two attached hydrogens (primary N) is 1. The number of aryl methyl sites for hydroxylation is 2. The van der Waals surface area contributed by atoms with Crippen molar-refractivity contribution in [2.45, 2.75) is 51.1 Å². The van der Waals surface area contributed by atoms with Gasteiger partial charge in [0.1, 0.15) is 0 Å². The summed E-state index contributed by atoms with van der Waals surface area (Å²) in [5.74, 6) is -0.159. The zero-order valence-corrected chi connectivity index (χ0v) is 17.3. The van der Waals surface area contributed by atoms with Gasteiger partial charge in [-0.1, -0.05) is 29.8 Å². The summed E-state index contributed by atoms with van der Waals surface area (Å²) >= 11 is 0. The summed E-state index contributed by atoms with van der Waals surface area (Å²) in [4.78, 5) is 14.9. The third-order valence-corrected chi connectivity index (χ3v) is 6.05. The standard InChI is InChI=1S/C21H27N3O3S/c1-14-4-6-17(7-5-14)12-24(18-8-9-18)13-21(25)23-20-11-19(28(22,26)27)10-15(2)16(20)3/h4-7,10-11,18H,8-9,12-13H2,1-3H3,(H,23,25)(H2,22,26,27). The summed E-state index contributed by atoms with van der Waals surface area (Å²) in [6.07, 6.45) is 2.19. The van der Waals surface area contributed by atoms with Gasteiger partial charge in [-0.05, 0) is 62.4 Å². The minimum absolute atomic E-state index is 0.00426. The smallest absolute Gasteiger partial charge is 0.238 e. The molecule has 0 unspecified atom stereocenters. The Kier molecular flexibility index (Phi) is 5.88. The van der Waals surface area contributed by atoms with E-state index in [1.807, 2.05) is 6.92 Å². The molecule has 1 saturated carbocycles. The fourth-order valence-electron chi connectivity index (χ4n) is 3.18. The van der Waals surface area contributed by atoms with Crippen LogP contribution in [-0.4, -0.2) is 31.8 Å². The van der Waals surface area contributed by atoms with Crippen LogP contribution >= 0.6 is 0 Å². The molecule has 0 radical (unpaired) electrons. The number of anilines is 1. The van der Waals surface area contributed by atoms with Crippen molar-refractivity contribution in [2.24, 2.45) is 5.14 Å². The van der Waals surface area contributed by atoms with Gasteiger partial charge in [-0.15, -0.1) is 0 Å². The molecule has 0 aliphatic heterocycles. The first kappa shape index (κ1) is 20.5. The molecule has 1 fully saturated rings. The molecule has 0 spiro atoms. The second-order valence-electron chi connectivity index (χ2n) is 7.63. The van der Waals surface area contributed by atoms with Crippen molar-refractivity contribution >= 4 is 21.6 Å². The van der Waals surface area contributed by atoms with E-state index in [1.165, 1.54) is 23.3 Å². The number of rotatable bonds is 7. The molecule has 3 N–H and O–H groups in total. The highest BCUT2D eigenvalue weighted by Crippen LogP contribution is 2.29. The van der Waals surface area contributed by atoms with Crippen LogP contribution in [0.2, 0.25) is 0 Å². The maximum atomic E-state index is 12.7. The molecule has 1 aliphatic carbocycles. The summed E-state index contributed by atoms with van der Waals surface area (Å²) < 4.78 is 23.4. The van der Waals surface area contributed by atoms with E-state index in [-0.39, 0.29) is 17.3 Å². The molecule has 1 amide bonds. The first-order valence-electron chi connectivity index (χ1n) is 9.37. The van der Waals surface area contributed by atoms with Crippen molar-refractivity contribution in [3.8, 4) is 0 Å². The van der Waals surface area contributed by atoms with Crippen LogP contribution in [0, 0.1) is 20.8 Å². The Labute approximate surface area is 166 Å². The lowest BCUT2D eigenvalue weighted by Crippen LogP contribution is -2.34. The minimum Gasteiger partial charge on any atom is -0.325 e. The van der Waals surface area contributed by atoms with E-state index in [2.05, 4.69) is 41.4 Å². The molecule has 0 bridgehead atoms. The molecule has 28 heavy (non-hydrogen) atoms. The van der Waals surface area contributed by atoms with Crippen molar-refractivity contribution in [1.82, 2.24) is 4.90 Å². The molecule has 0 saturated heterocycles. The van der Waals surface area contributed by atoms with Gasteiger partial charge in [-0.3, -0.25) is 9.69 Å². The first-order valence-corrected chi connectivity index (χ1v) is 10.9. The van der Waals surface area contributed by atoms with Crippen LogP contribution in [0.1, 0.15) is 35.1 Å². The quantitative estimate of drug-likeness (QED) is 0.746. The zero-order valence-electron chi connectivity index (χ0n) is 16.5. The Balaban J connectivity index is 1.73. The van der Waals surface area contributed by atoms with Crippen LogP contribution < -0.4 is 10.5 Å². The second-order valence-corrected chi connectivity index (χ2v) is 9.19. The number of sulfonamides is 1. The van der Waals surface area contributed by atoms with E-state index >= 15 is 0 Å². The van der Waals surface area contributed by atoms with Gasteiger partial charge in [0.15, 0.2) is 0 Å². The predicted octanol–water partition coefficient (Wildman–Crippen LogP) is 2.86. The SMILES string of the molecule is Cc1ccc(CN(CC(=O)Nc2cc(S(N)(=O)=O)cc(C)c2C)C2CC2)cc1. The average molecular weight is 402 g/mol. The average Bonchev–Trinajstić information content (AvgIpc) is 3.44. The lowest BCUT2D eigenvalue weighted by atomic mass is 10.1. The molecule has 7 heteroatoms. The molecule has 2 aromatic carbocycles. The van der Waals surface area contributed by atoms with Gasteiger partial charge in [-0.2, -0.15) is 0 Å². The molecule has 0 aromatic heterocycles. The van der Waals surface area contributed by atoms with Crippen LogP contribution in [0.25, 0.3) is 0 Å². The summed E-state index contributed by atoms with van der Waals surface area (Å²) in [5, 5.41) is 8.12. The van der Waals surface area contributed by atoms with E-state index in [1.54, 1.807) is 6.92 Å². The molecule has 2 aromatic rings. The number of carbonyl (C=O) groups excluding carboxylic acids is 1. The molecule has 150 valence electrons. The van der Waals surface area contributed by atoms with Crippen molar-refractivity contribution in [1.29, 1.82) is 0 Å². The van der Waals surface area contributed by atoms with E-state index in [0.29, 0.717) is 18.3 Å². The highest BCUT2D eigenvalue weighted by Gasteiger charge is 2.30. The maximum Gasteiger partial charge on any atom is 0.238 e. The van der Waals surface area contributed by atoms with Crippen molar-refractivity contribution in [2.75, 3.05) is 11.9 Å². The third-order valence-electron chi connectivity index (χ3n) is 5.16. The summed E-state index contributed by atoms with van der Waals surface area (Å²) in [5.41, 5.74) is 4.46. The van der Waals surface area contributed by atoms with Crippen molar-refractivity contribution in [3.63, 3.8) is 0 Å². The number of amides is 1. The first-order chi connectivity index (χ1) is 13.1. The Bertz CT molecular complexity index is 981. The number of primary sulfonamides is 1. The fraction of sp³-hybridized carbons (Fsp3) is 0.381. The minimum atomic E-state index is -3.83. The van der Waals surface area contributed by atoms with Crippen molar-refractivity contribution < 1.29 is 13.2 Å². The molecule has 6 nitrogen and oxygen atoms in total. The molecule has 0 heterocycles. The highest BCUT2D eigenvalue weighted by molar-refractivity contribution is 7.89. The Morgan fingerprint density at radius 2 is 1.79 bits per heavy atom. The number of nitrogens with zero attached hydrogens (tertiary/aromatic N) is 1. The van der Waals surface area contributed by atoms with Crippen LogP contribution in [0.15, 0.2) is 41.3 Å². The number of carbonyl (C=O) groups is 1. The summed E-state index contributed by atoms with van der Waals surface area (Å²) in [7, 11) is -3.83. The monoisotopic (exact) mass is 401 g/mol. The second kappa shape index (κ2) is 8.03. The van der Waals surface area contributed by atoms with Gasteiger partial charge in [0.2, 0.25) is 15.9 Å². The fourth-order valence-corrected chi connectivity index (χ4v) is 3.80. The predicted molar refractivity (Wildman–Crippen MR) is 111 cm³/mol. The third kappa shape index (κ3) is 5.19. The van der Waals surface area contributed by atoms with Crippen molar-refractivity contribution in [3.05, 3.63) is 58.7 Å². The van der Waals surface area contributed by atoms with Gasteiger partial charge in [0.25, 0.3) is 0 Å². The van der Waals surface area contributed by atoms with Gasteiger partial charge >= 0.3 is 0 Å². The highest BCUT2D eigenvalue weighted by atomic mass is 32.2. The Hall–Kier alpha value is -2.22. The summed E-state index contributed by atoms with van der Waals surface area (Å²) in [6.45, 7) is 6.68. The molecular formula is C21H27N3O3S. The molecular weight excluding hydrogens is 374 g/mol. The van der Waals surface area contributed by atoms with Crippen LogP contribution in [0.5, 0.6) is 0 Å². The van der Waals surface area contributed by atoms with Crippen LogP contribution in [0.4, 0.5) is 5.69 Å². The number of benzene rings is 2. The molecule has 3 rings (SSSR count). The molecule has 1 aliphatic rings. The number of nitrogens with one attached hydrogen (secondary N) is 1. The molecule has 0 atom stereocenters. The van der Waals surface area contributed by atoms with Gasteiger partial charge in [0.05, 0.1) is 11.4 Å². The van der Waals surface area contributed by atoms with Crippen LogP contribution in [-0.2, 0) is 21.4 Å². The summed E-state index contributed by atoms with van der Waals surface area (Å²) in [6, 6.07) is 11.7. The van der Waals surface area contributed by atoms with E-state index in [0.717, 1.165) is 24.0 Å². The zero-order chi connectivity index (χ0) is 20.5. The van der Waals surface area contributed by atoms with Gasteiger partial charge in [0, 0.05) is 18.3 Å². The van der Waals surface area contributed by atoms with E-state index in [9.17, 15) is 13.2 Å². The van der Waals surface area contributed by atoms with Gasteiger partial charge < -0.3 is 5.32 Å². The number of hydrogen-bond donors (Lipinski definition) is 2. The van der Waals surface area contributed by atoms with Gasteiger partial charge in [-0.25, -0.2) is 13.6 Å². The normalized spacial score (nSPS) is 14.3. The largest absolute Gasteiger partial charge is 0.325 e. The Morgan fingerprint density at radius 3 is 2.36 bits per heavy atom. The van der Waals surface area contributed by atoms with E-state index in [4.69, 9.17) is 5.14 Å². The maximum absolute atomic E-state index is 12.7. The topological polar surface area (TPSA) is 92.5 Å². The lowest BCUT2D eigenvalue weighted by Gasteiger charge is -2.22. The lowest BCUT2D eigenvalue weighted by molar-refractivity contribution is -0.117. The van der Waals surface area contributed by atoms with E-state index < -0.39 is 10.0 Å².